The van der Waals surface area contributed by atoms with E-state index in [0.29, 0.717) is 11.2 Å². The molecule has 23 heavy (non-hydrogen) atoms. The lowest BCUT2D eigenvalue weighted by Crippen LogP contribution is -2.49. The molecular weight excluding hydrogens is 439 g/mol. The molecule has 7 heteroatoms. The summed E-state index contributed by atoms with van der Waals surface area (Å²) < 4.78 is 0. The maximum Gasteiger partial charge on any atom is 0.193 e. The van der Waals surface area contributed by atoms with E-state index in [9.17, 15) is 0 Å². The summed E-state index contributed by atoms with van der Waals surface area (Å²) in [5.74, 6) is 2.95. The number of aryl methyl sites for hydroxylation is 2. The van der Waals surface area contributed by atoms with Gasteiger partial charge in [0, 0.05) is 49.0 Å². The molecule has 1 saturated heterocycles. The molecule has 0 amide bonds. The Hall–Kier alpha value is -0.0200. The molecule has 1 atom stereocenters. The van der Waals surface area contributed by atoms with Crippen molar-refractivity contribution in [2.45, 2.75) is 39.4 Å². The lowest BCUT2D eigenvalue weighted by atomic mass is 10.1. The molecule has 0 radical (unpaired) electrons. The molecule has 0 bridgehead atoms. The molecule has 4 nitrogen and oxygen atoms in total. The highest BCUT2D eigenvalue weighted by atomic mass is 127. The van der Waals surface area contributed by atoms with E-state index in [4.69, 9.17) is 0 Å². The number of rotatable bonds is 4. The van der Waals surface area contributed by atoms with Gasteiger partial charge in [0.25, 0.3) is 0 Å². The number of nitrogens with one attached hydrogen (secondary N) is 1. The molecular formula is C16H29IN4S2. The van der Waals surface area contributed by atoms with Crippen molar-refractivity contribution >= 4 is 53.0 Å². The maximum absolute atomic E-state index is 4.50. The minimum Gasteiger partial charge on any atom is -0.356 e. The van der Waals surface area contributed by atoms with Crippen molar-refractivity contribution in [2.75, 3.05) is 32.4 Å². The molecule has 1 unspecified atom stereocenters. The maximum atomic E-state index is 4.50. The lowest BCUT2D eigenvalue weighted by Gasteiger charge is -2.36. The van der Waals surface area contributed by atoms with E-state index >= 15 is 0 Å². The zero-order valence-electron chi connectivity index (χ0n) is 14.8. The van der Waals surface area contributed by atoms with Gasteiger partial charge >= 0.3 is 0 Å². The van der Waals surface area contributed by atoms with E-state index in [1.807, 2.05) is 7.05 Å². The average Bonchev–Trinajstić information content (AvgIpc) is 2.81. The molecule has 2 rings (SSSR count). The Morgan fingerprint density at radius 1 is 1.43 bits per heavy atom. The SMILES string of the molecule is CN=C(NCCc1sc(C)nc1C)N1CCSC(C(C)C)C1.I. The molecule has 2 heterocycles. The summed E-state index contributed by atoms with van der Waals surface area (Å²) in [5, 5.41) is 5.39. The Bertz CT molecular complexity index is 516. The molecule has 1 aliphatic heterocycles. The summed E-state index contributed by atoms with van der Waals surface area (Å²) in [7, 11) is 1.89. The van der Waals surface area contributed by atoms with Crippen molar-refractivity contribution in [3.63, 3.8) is 0 Å². The molecule has 1 fully saturated rings. The summed E-state index contributed by atoms with van der Waals surface area (Å²) in [4.78, 5) is 12.8. The standard InChI is InChI=1S/C16H28N4S2.HI/c1-11(2)15-10-20(8-9-21-15)16(17-5)18-7-6-14-12(3)19-13(4)22-14;/h11,15H,6-10H2,1-5H3,(H,17,18);1H. The van der Waals surface area contributed by atoms with Crippen LogP contribution < -0.4 is 5.32 Å². The first-order valence-corrected chi connectivity index (χ1v) is 9.88. The summed E-state index contributed by atoms with van der Waals surface area (Å²) >= 11 is 3.90. The van der Waals surface area contributed by atoms with Gasteiger partial charge in [0.05, 0.1) is 10.7 Å². The number of guanidine groups is 1. The van der Waals surface area contributed by atoms with E-state index < -0.39 is 0 Å². The molecule has 1 N–H and O–H groups in total. The first kappa shape index (κ1) is 21.0. The van der Waals surface area contributed by atoms with Gasteiger partial charge in [-0.15, -0.1) is 35.3 Å². The van der Waals surface area contributed by atoms with Gasteiger partial charge in [0.15, 0.2) is 5.96 Å². The van der Waals surface area contributed by atoms with E-state index in [0.717, 1.165) is 37.0 Å². The Balaban J connectivity index is 0.00000264. The van der Waals surface area contributed by atoms with Gasteiger partial charge < -0.3 is 10.2 Å². The third kappa shape index (κ3) is 6.08. The smallest absolute Gasteiger partial charge is 0.193 e. The Morgan fingerprint density at radius 3 is 2.74 bits per heavy atom. The summed E-state index contributed by atoms with van der Waals surface area (Å²) in [6, 6.07) is 0. The van der Waals surface area contributed by atoms with E-state index in [1.165, 1.54) is 16.3 Å². The fraction of sp³-hybridized carbons (Fsp3) is 0.750. The van der Waals surface area contributed by atoms with Crippen LogP contribution in [0.3, 0.4) is 0 Å². The van der Waals surface area contributed by atoms with Crippen LogP contribution in [0.15, 0.2) is 4.99 Å². The van der Waals surface area contributed by atoms with Gasteiger partial charge in [-0.2, -0.15) is 11.8 Å². The predicted octanol–water partition coefficient (Wildman–Crippen LogP) is 3.57. The number of aliphatic imine (C=N–C) groups is 1. The molecule has 132 valence electrons. The van der Waals surface area contributed by atoms with Crippen molar-refractivity contribution in [1.82, 2.24) is 15.2 Å². The van der Waals surface area contributed by atoms with E-state index in [-0.39, 0.29) is 24.0 Å². The van der Waals surface area contributed by atoms with Crippen LogP contribution in [0.25, 0.3) is 0 Å². The van der Waals surface area contributed by atoms with Crippen molar-refractivity contribution in [1.29, 1.82) is 0 Å². The molecule has 1 aromatic heterocycles. The number of hydrogen-bond acceptors (Lipinski definition) is 4. The van der Waals surface area contributed by atoms with E-state index in [1.54, 1.807) is 11.3 Å². The number of thiazole rings is 1. The Morgan fingerprint density at radius 2 is 2.17 bits per heavy atom. The quantitative estimate of drug-likeness (QED) is 0.417. The second-order valence-electron chi connectivity index (χ2n) is 6.06. The van der Waals surface area contributed by atoms with Crippen LogP contribution in [0, 0.1) is 19.8 Å². The first-order chi connectivity index (χ1) is 10.5. The summed E-state index contributed by atoms with van der Waals surface area (Å²) in [5.41, 5.74) is 1.17. The average molecular weight is 468 g/mol. The van der Waals surface area contributed by atoms with Crippen molar-refractivity contribution in [3.05, 3.63) is 15.6 Å². The van der Waals surface area contributed by atoms with Crippen LogP contribution in [0.4, 0.5) is 0 Å². The second kappa shape index (κ2) is 10.1. The normalized spacial score (nSPS) is 19.0. The van der Waals surface area contributed by atoms with Crippen molar-refractivity contribution in [3.8, 4) is 0 Å². The van der Waals surface area contributed by atoms with Gasteiger partial charge in [0.1, 0.15) is 0 Å². The third-order valence-corrected chi connectivity index (χ3v) is 6.66. The monoisotopic (exact) mass is 468 g/mol. The van der Waals surface area contributed by atoms with Crippen molar-refractivity contribution in [2.24, 2.45) is 10.9 Å². The molecule has 0 spiro atoms. The number of halogens is 1. The van der Waals surface area contributed by atoms with E-state index in [2.05, 4.69) is 59.6 Å². The third-order valence-electron chi connectivity index (χ3n) is 3.98. The minimum atomic E-state index is 0. The van der Waals surface area contributed by atoms with Gasteiger partial charge in [0.2, 0.25) is 0 Å². The number of thioether (sulfide) groups is 1. The number of nitrogens with zero attached hydrogens (tertiary/aromatic N) is 3. The second-order valence-corrected chi connectivity index (χ2v) is 8.70. The lowest BCUT2D eigenvalue weighted by molar-refractivity contribution is 0.381. The highest BCUT2D eigenvalue weighted by Gasteiger charge is 2.24. The van der Waals surface area contributed by atoms with Gasteiger partial charge in [-0.05, 0) is 19.8 Å². The molecule has 1 aromatic rings. The van der Waals surface area contributed by atoms with Crippen LogP contribution in [-0.4, -0.2) is 53.5 Å². The summed E-state index contributed by atoms with van der Waals surface area (Å²) in [6.07, 6.45) is 1.02. The topological polar surface area (TPSA) is 40.5 Å². The van der Waals surface area contributed by atoms with Crippen LogP contribution in [-0.2, 0) is 6.42 Å². The van der Waals surface area contributed by atoms with Crippen LogP contribution in [0.2, 0.25) is 0 Å². The predicted molar refractivity (Wildman–Crippen MR) is 115 cm³/mol. The van der Waals surface area contributed by atoms with Crippen molar-refractivity contribution < 1.29 is 0 Å². The summed E-state index contributed by atoms with van der Waals surface area (Å²) in [6.45, 7) is 11.9. The Kier molecular flexibility index (Phi) is 9.21. The molecule has 0 aliphatic carbocycles. The minimum absolute atomic E-state index is 0. The fourth-order valence-electron chi connectivity index (χ4n) is 2.70. The first-order valence-electron chi connectivity index (χ1n) is 8.01. The van der Waals surface area contributed by atoms with Gasteiger partial charge in [-0.25, -0.2) is 4.98 Å². The van der Waals surface area contributed by atoms with Crippen LogP contribution >= 0.6 is 47.1 Å². The Labute approximate surface area is 166 Å². The highest BCUT2D eigenvalue weighted by Crippen LogP contribution is 2.24. The van der Waals surface area contributed by atoms with Crippen LogP contribution in [0.5, 0.6) is 0 Å². The highest BCUT2D eigenvalue weighted by molar-refractivity contribution is 14.0. The fourth-order valence-corrected chi connectivity index (χ4v) is 4.93. The molecule has 0 aromatic carbocycles. The zero-order chi connectivity index (χ0) is 16.1. The zero-order valence-corrected chi connectivity index (χ0v) is 18.7. The number of hydrogen-bond donors (Lipinski definition) is 1. The molecule has 0 saturated carbocycles. The number of aromatic nitrogens is 1. The van der Waals surface area contributed by atoms with Gasteiger partial charge in [-0.1, -0.05) is 13.8 Å². The van der Waals surface area contributed by atoms with Crippen LogP contribution in [0.1, 0.15) is 29.4 Å². The largest absolute Gasteiger partial charge is 0.356 e. The van der Waals surface area contributed by atoms with Gasteiger partial charge in [-0.3, -0.25) is 4.99 Å². The molecule has 1 aliphatic rings.